The van der Waals surface area contributed by atoms with Gasteiger partial charge in [-0.25, -0.2) is 4.98 Å². The Hall–Kier alpha value is -1.33. The predicted molar refractivity (Wildman–Crippen MR) is 83.5 cm³/mol. The number of likely N-dealkylation sites (N-methyl/N-ethyl adjacent to an activating group) is 1. The average molecular weight is 299 g/mol. The Labute approximate surface area is 125 Å². The SMILES string of the molecule is CCNc1ncc(C(=O)NCCN(CC)CC)cc1Cl. The minimum Gasteiger partial charge on any atom is -0.369 e. The standard InChI is InChI=1S/C14H23ClN4O/c1-4-16-13-12(15)9-11(10-18-13)14(20)17-7-8-19(5-2)6-3/h9-10H,4-8H2,1-3H3,(H,16,18)(H,17,20). The minimum atomic E-state index is -0.144. The van der Waals surface area contributed by atoms with E-state index in [4.69, 9.17) is 11.6 Å². The molecule has 0 fully saturated rings. The van der Waals surface area contributed by atoms with Crippen LogP contribution in [0.5, 0.6) is 0 Å². The zero-order valence-corrected chi connectivity index (χ0v) is 13.1. The number of hydrogen-bond donors (Lipinski definition) is 2. The van der Waals surface area contributed by atoms with Crippen LogP contribution >= 0.6 is 11.6 Å². The quantitative estimate of drug-likeness (QED) is 0.773. The van der Waals surface area contributed by atoms with Crippen molar-refractivity contribution in [1.29, 1.82) is 0 Å². The van der Waals surface area contributed by atoms with Crippen LogP contribution in [-0.2, 0) is 0 Å². The number of carbonyl (C=O) groups is 1. The van der Waals surface area contributed by atoms with E-state index in [-0.39, 0.29) is 5.91 Å². The first-order valence-electron chi connectivity index (χ1n) is 7.02. The van der Waals surface area contributed by atoms with Gasteiger partial charge in [-0.3, -0.25) is 4.79 Å². The molecule has 0 saturated heterocycles. The molecule has 0 unspecified atom stereocenters. The number of pyridine rings is 1. The summed E-state index contributed by atoms with van der Waals surface area (Å²) in [7, 11) is 0. The lowest BCUT2D eigenvalue weighted by molar-refractivity contribution is 0.0948. The maximum Gasteiger partial charge on any atom is 0.252 e. The Bertz CT molecular complexity index is 435. The van der Waals surface area contributed by atoms with E-state index in [1.54, 1.807) is 6.07 Å². The van der Waals surface area contributed by atoms with Gasteiger partial charge in [0.2, 0.25) is 0 Å². The third-order valence-electron chi connectivity index (χ3n) is 3.06. The molecule has 112 valence electrons. The van der Waals surface area contributed by atoms with E-state index in [1.165, 1.54) is 6.20 Å². The maximum absolute atomic E-state index is 12.0. The van der Waals surface area contributed by atoms with Crippen LogP contribution < -0.4 is 10.6 Å². The van der Waals surface area contributed by atoms with Gasteiger partial charge in [0.15, 0.2) is 0 Å². The zero-order chi connectivity index (χ0) is 15.0. The van der Waals surface area contributed by atoms with Crippen LogP contribution in [-0.4, -0.2) is 48.5 Å². The van der Waals surface area contributed by atoms with Crippen molar-refractivity contribution in [2.75, 3.05) is 38.0 Å². The average Bonchev–Trinajstić information content (AvgIpc) is 2.45. The third kappa shape index (κ3) is 4.98. The van der Waals surface area contributed by atoms with E-state index in [9.17, 15) is 4.79 Å². The summed E-state index contributed by atoms with van der Waals surface area (Å²) in [5.41, 5.74) is 0.483. The van der Waals surface area contributed by atoms with Gasteiger partial charge in [-0.05, 0) is 26.1 Å². The molecule has 0 aliphatic rings. The minimum absolute atomic E-state index is 0.144. The first kappa shape index (κ1) is 16.7. The molecule has 0 radical (unpaired) electrons. The second-order valence-corrected chi connectivity index (χ2v) is 4.77. The van der Waals surface area contributed by atoms with Crippen molar-refractivity contribution in [3.63, 3.8) is 0 Å². The molecular weight excluding hydrogens is 276 g/mol. The summed E-state index contributed by atoms with van der Waals surface area (Å²) in [6, 6.07) is 1.64. The topological polar surface area (TPSA) is 57.3 Å². The van der Waals surface area contributed by atoms with Crippen molar-refractivity contribution < 1.29 is 4.79 Å². The summed E-state index contributed by atoms with van der Waals surface area (Å²) in [6.07, 6.45) is 1.54. The molecule has 0 aromatic carbocycles. The van der Waals surface area contributed by atoms with Gasteiger partial charge in [-0.15, -0.1) is 0 Å². The fourth-order valence-electron chi connectivity index (χ4n) is 1.83. The van der Waals surface area contributed by atoms with E-state index < -0.39 is 0 Å². The predicted octanol–water partition coefficient (Wildman–Crippen LogP) is 2.24. The van der Waals surface area contributed by atoms with Crippen molar-refractivity contribution in [3.05, 3.63) is 22.8 Å². The lowest BCUT2D eigenvalue weighted by Gasteiger charge is -2.18. The van der Waals surface area contributed by atoms with E-state index in [2.05, 4.69) is 34.4 Å². The number of rotatable bonds is 8. The van der Waals surface area contributed by atoms with Gasteiger partial charge in [0.25, 0.3) is 5.91 Å². The molecule has 20 heavy (non-hydrogen) atoms. The van der Waals surface area contributed by atoms with Gasteiger partial charge in [-0.2, -0.15) is 0 Å². The number of anilines is 1. The zero-order valence-electron chi connectivity index (χ0n) is 12.4. The van der Waals surface area contributed by atoms with Gasteiger partial charge in [0.1, 0.15) is 5.82 Å². The Morgan fingerprint density at radius 3 is 2.60 bits per heavy atom. The van der Waals surface area contributed by atoms with E-state index in [0.29, 0.717) is 22.9 Å². The van der Waals surface area contributed by atoms with Crippen LogP contribution in [0, 0.1) is 0 Å². The molecule has 0 bridgehead atoms. The van der Waals surface area contributed by atoms with Gasteiger partial charge in [0.05, 0.1) is 10.6 Å². The van der Waals surface area contributed by atoms with Crippen molar-refractivity contribution in [1.82, 2.24) is 15.2 Å². The maximum atomic E-state index is 12.0. The molecule has 0 saturated carbocycles. The number of aromatic nitrogens is 1. The highest BCUT2D eigenvalue weighted by Crippen LogP contribution is 2.19. The Kier molecular flexibility index (Phi) is 7.33. The molecule has 1 rings (SSSR count). The van der Waals surface area contributed by atoms with E-state index >= 15 is 0 Å². The van der Waals surface area contributed by atoms with Gasteiger partial charge >= 0.3 is 0 Å². The van der Waals surface area contributed by atoms with Crippen molar-refractivity contribution in [3.8, 4) is 0 Å². The normalized spacial score (nSPS) is 10.7. The third-order valence-corrected chi connectivity index (χ3v) is 3.34. The summed E-state index contributed by atoms with van der Waals surface area (Å²) < 4.78 is 0. The number of nitrogens with one attached hydrogen (secondary N) is 2. The molecule has 0 aliphatic heterocycles. The molecule has 0 atom stereocenters. The molecule has 1 aromatic rings. The highest BCUT2D eigenvalue weighted by molar-refractivity contribution is 6.33. The van der Waals surface area contributed by atoms with E-state index in [1.807, 2.05) is 6.92 Å². The van der Waals surface area contributed by atoms with Crippen LogP contribution in [0.1, 0.15) is 31.1 Å². The molecule has 1 amide bonds. The number of amides is 1. The second-order valence-electron chi connectivity index (χ2n) is 4.37. The first-order chi connectivity index (χ1) is 9.62. The van der Waals surface area contributed by atoms with Gasteiger partial charge in [-0.1, -0.05) is 25.4 Å². The fourth-order valence-corrected chi connectivity index (χ4v) is 2.06. The van der Waals surface area contributed by atoms with Crippen molar-refractivity contribution >= 4 is 23.3 Å². The lowest BCUT2D eigenvalue weighted by atomic mass is 10.2. The molecule has 0 aliphatic carbocycles. The summed E-state index contributed by atoms with van der Waals surface area (Å²) in [4.78, 5) is 18.4. The summed E-state index contributed by atoms with van der Waals surface area (Å²) in [5.74, 6) is 0.462. The summed E-state index contributed by atoms with van der Waals surface area (Å²) in [5, 5.41) is 6.37. The molecule has 1 aromatic heterocycles. The number of carbonyl (C=O) groups excluding carboxylic acids is 1. The van der Waals surface area contributed by atoms with Crippen molar-refractivity contribution in [2.24, 2.45) is 0 Å². The summed E-state index contributed by atoms with van der Waals surface area (Å²) >= 11 is 6.07. The summed E-state index contributed by atoms with van der Waals surface area (Å²) in [6.45, 7) is 10.3. The molecule has 6 heteroatoms. The molecule has 5 nitrogen and oxygen atoms in total. The van der Waals surface area contributed by atoms with Crippen LogP contribution in [0.4, 0.5) is 5.82 Å². The largest absolute Gasteiger partial charge is 0.369 e. The lowest BCUT2D eigenvalue weighted by Crippen LogP contribution is -2.34. The Balaban J connectivity index is 2.53. The molecule has 1 heterocycles. The first-order valence-corrected chi connectivity index (χ1v) is 7.40. The van der Waals surface area contributed by atoms with Gasteiger partial charge in [0, 0.05) is 25.8 Å². The Morgan fingerprint density at radius 1 is 1.35 bits per heavy atom. The Morgan fingerprint density at radius 2 is 2.05 bits per heavy atom. The van der Waals surface area contributed by atoms with Crippen LogP contribution in [0.2, 0.25) is 5.02 Å². The number of hydrogen-bond acceptors (Lipinski definition) is 4. The molecule has 0 spiro atoms. The molecular formula is C14H23ClN4O. The van der Waals surface area contributed by atoms with Crippen LogP contribution in [0.25, 0.3) is 0 Å². The number of nitrogens with zero attached hydrogens (tertiary/aromatic N) is 2. The van der Waals surface area contributed by atoms with Crippen LogP contribution in [0.15, 0.2) is 12.3 Å². The highest BCUT2D eigenvalue weighted by Gasteiger charge is 2.09. The second kappa shape index (κ2) is 8.76. The fraction of sp³-hybridized carbons (Fsp3) is 0.571. The monoisotopic (exact) mass is 298 g/mol. The van der Waals surface area contributed by atoms with Gasteiger partial charge < -0.3 is 15.5 Å². The smallest absolute Gasteiger partial charge is 0.252 e. The van der Waals surface area contributed by atoms with E-state index in [0.717, 1.165) is 26.2 Å². The number of halogens is 1. The van der Waals surface area contributed by atoms with Crippen molar-refractivity contribution in [2.45, 2.75) is 20.8 Å². The molecule has 2 N–H and O–H groups in total. The van der Waals surface area contributed by atoms with Crippen LogP contribution in [0.3, 0.4) is 0 Å². The highest BCUT2D eigenvalue weighted by atomic mass is 35.5.